The predicted octanol–water partition coefficient (Wildman–Crippen LogP) is 6.15. The first-order valence-corrected chi connectivity index (χ1v) is 12.9. The van der Waals surface area contributed by atoms with Crippen molar-refractivity contribution in [1.82, 2.24) is 0 Å². The molecular formula is C33H22O10. The van der Waals surface area contributed by atoms with E-state index >= 15 is 0 Å². The summed E-state index contributed by atoms with van der Waals surface area (Å²) in [6, 6.07) is 21.9. The summed E-state index contributed by atoms with van der Waals surface area (Å²) >= 11 is 0. The van der Waals surface area contributed by atoms with Gasteiger partial charge in [-0.05, 0) is 53.6 Å². The lowest BCUT2D eigenvalue weighted by atomic mass is 9.99. The minimum Gasteiger partial charge on any atom is -0.508 e. The molecule has 0 saturated heterocycles. The van der Waals surface area contributed by atoms with Crippen LogP contribution in [0.5, 0.6) is 40.2 Å². The van der Waals surface area contributed by atoms with Gasteiger partial charge in [-0.2, -0.15) is 0 Å². The van der Waals surface area contributed by atoms with E-state index < -0.39 is 29.2 Å². The first-order chi connectivity index (χ1) is 20.7. The molecule has 0 radical (unpaired) electrons. The fourth-order valence-electron chi connectivity index (χ4n) is 4.71. The van der Waals surface area contributed by atoms with Crippen molar-refractivity contribution >= 4 is 33.9 Å². The van der Waals surface area contributed by atoms with Crippen LogP contribution >= 0.6 is 0 Å². The van der Waals surface area contributed by atoms with Gasteiger partial charge in [0.2, 0.25) is 0 Å². The fraction of sp³-hybridized carbons (Fsp3) is 0.0303. The van der Waals surface area contributed by atoms with Crippen LogP contribution in [-0.4, -0.2) is 37.5 Å². The van der Waals surface area contributed by atoms with Crippen molar-refractivity contribution in [2.24, 2.45) is 0 Å². The molecule has 5 aromatic carbocycles. The first-order valence-electron chi connectivity index (χ1n) is 12.9. The number of phenols is 5. The third-order valence-electron chi connectivity index (χ3n) is 6.76. The number of aromatic hydroxyl groups is 5. The van der Waals surface area contributed by atoms with E-state index in [4.69, 9.17) is 13.9 Å². The van der Waals surface area contributed by atoms with Crippen molar-refractivity contribution in [3.8, 4) is 51.4 Å². The zero-order valence-electron chi connectivity index (χ0n) is 22.1. The molecule has 6 rings (SSSR count). The highest BCUT2D eigenvalue weighted by molar-refractivity contribution is 6.16. The van der Waals surface area contributed by atoms with Crippen LogP contribution in [0.3, 0.4) is 0 Å². The number of rotatable bonds is 6. The van der Waals surface area contributed by atoms with Crippen LogP contribution in [-0.2, 0) is 11.2 Å². The number of carbonyl (C=O) groups is 2. The van der Waals surface area contributed by atoms with Crippen LogP contribution in [0, 0.1) is 0 Å². The second-order valence-corrected chi connectivity index (χ2v) is 9.64. The summed E-state index contributed by atoms with van der Waals surface area (Å²) < 4.78 is 17.5. The van der Waals surface area contributed by atoms with E-state index in [-0.39, 0.29) is 68.0 Å². The van der Waals surface area contributed by atoms with Gasteiger partial charge < -0.3 is 39.4 Å². The number of phenolic OH excluding ortho intramolecular Hbond substituents is 5. The van der Waals surface area contributed by atoms with Gasteiger partial charge in [-0.3, -0.25) is 4.79 Å². The number of hydrogen-bond donors (Lipinski definition) is 5. The second-order valence-electron chi connectivity index (χ2n) is 9.64. The first kappa shape index (κ1) is 27.0. The Kier molecular flexibility index (Phi) is 6.71. The molecule has 1 aromatic heterocycles. The van der Waals surface area contributed by atoms with E-state index in [1.165, 1.54) is 48.5 Å². The number of furan rings is 1. The van der Waals surface area contributed by atoms with Crippen molar-refractivity contribution in [3.63, 3.8) is 0 Å². The van der Waals surface area contributed by atoms with E-state index in [9.17, 15) is 35.1 Å². The van der Waals surface area contributed by atoms with Crippen LogP contribution < -0.4 is 9.47 Å². The summed E-state index contributed by atoms with van der Waals surface area (Å²) in [5, 5.41) is 51.8. The van der Waals surface area contributed by atoms with Gasteiger partial charge >= 0.3 is 11.9 Å². The average Bonchev–Trinajstić information content (AvgIpc) is 3.35. The molecule has 0 fully saturated rings. The summed E-state index contributed by atoms with van der Waals surface area (Å²) in [4.78, 5) is 26.4. The van der Waals surface area contributed by atoms with Gasteiger partial charge in [-0.25, -0.2) is 4.79 Å². The number of hydrogen-bond acceptors (Lipinski definition) is 10. The minimum absolute atomic E-state index is 0.0137. The van der Waals surface area contributed by atoms with Crippen molar-refractivity contribution in [2.45, 2.75) is 6.42 Å². The van der Waals surface area contributed by atoms with Gasteiger partial charge in [0.05, 0.1) is 22.9 Å². The molecule has 0 unspecified atom stereocenters. The molecule has 0 aliphatic carbocycles. The molecule has 10 heteroatoms. The highest BCUT2D eigenvalue weighted by atomic mass is 16.6. The normalized spacial score (nSPS) is 11.1. The van der Waals surface area contributed by atoms with Gasteiger partial charge in [0.15, 0.2) is 34.3 Å². The molecule has 214 valence electrons. The Morgan fingerprint density at radius 3 is 2.00 bits per heavy atom. The highest BCUT2D eigenvalue weighted by Crippen LogP contribution is 2.54. The maximum atomic E-state index is 13.3. The maximum absolute atomic E-state index is 13.3. The number of esters is 2. The summed E-state index contributed by atoms with van der Waals surface area (Å²) in [7, 11) is 0. The Labute approximate surface area is 242 Å². The molecule has 43 heavy (non-hydrogen) atoms. The molecule has 0 aliphatic rings. The van der Waals surface area contributed by atoms with Crippen LogP contribution in [0.25, 0.3) is 33.1 Å². The lowest BCUT2D eigenvalue weighted by Gasteiger charge is -2.17. The molecule has 0 spiro atoms. The lowest BCUT2D eigenvalue weighted by Crippen LogP contribution is -2.13. The molecule has 5 N–H and O–H groups in total. The van der Waals surface area contributed by atoms with Gasteiger partial charge in [-0.15, -0.1) is 0 Å². The third-order valence-corrected chi connectivity index (χ3v) is 6.76. The number of benzene rings is 5. The molecule has 6 aromatic rings. The molecule has 0 aliphatic heterocycles. The Bertz CT molecular complexity index is 2010. The van der Waals surface area contributed by atoms with Crippen molar-refractivity contribution < 1.29 is 49.0 Å². The summed E-state index contributed by atoms with van der Waals surface area (Å²) in [6.07, 6.45) is -0.143. The molecule has 0 saturated carbocycles. The van der Waals surface area contributed by atoms with Gasteiger partial charge in [0.1, 0.15) is 17.1 Å². The van der Waals surface area contributed by atoms with Crippen LogP contribution in [0.4, 0.5) is 0 Å². The van der Waals surface area contributed by atoms with Crippen molar-refractivity contribution in [1.29, 1.82) is 0 Å². The summed E-state index contributed by atoms with van der Waals surface area (Å²) in [5.74, 6) is -3.96. The fourth-order valence-corrected chi connectivity index (χ4v) is 4.71. The number of carbonyl (C=O) groups excluding carboxylic acids is 2. The molecule has 10 nitrogen and oxygen atoms in total. The number of ether oxygens (including phenoxy) is 2. The molecule has 0 bridgehead atoms. The lowest BCUT2D eigenvalue weighted by molar-refractivity contribution is -0.133. The number of fused-ring (bicyclic) bond motifs is 3. The van der Waals surface area contributed by atoms with Crippen molar-refractivity contribution in [3.05, 3.63) is 102 Å². The highest BCUT2D eigenvalue weighted by Gasteiger charge is 2.31. The SMILES string of the molecule is O=C(Cc1ccccc1)Oc1c(O)c(-c2ccc(O)cc2)c(OC(=O)c2ccc(O)cc2)c2oc3cc(O)c(O)cc3c12. The standard InChI is InChI=1S/C33H22O10/c34-20-10-6-18(7-11-20)27-29(39)30(42-26(38)14-17-4-2-1-3-5-17)28-22-15-23(36)24(37)16-25(22)41-32(28)31(27)43-33(40)19-8-12-21(35)13-9-19/h1-13,15-16,34-37,39H,14H2. The molecule has 0 amide bonds. The van der Waals surface area contributed by atoms with E-state index in [0.29, 0.717) is 5.56 Å². The van der Waals surface area contributed by atoms with E-state index in [2.05, 4.69) is 0 Å². The zero-order chi connectivity index (χ0) is 30.2. The second kappa shape index (κ2) is 10.7. The monoisotopic (exact) mass is 578 g/mol. The maximum Gasteiger partial charge on any atom is 0.343 e. The molecule has 0 atom stereocenters. The quantitative estimate of drug-likeness (QED) is 0.0879. The zero-order valence-corrected chi connectivity index (χ0v) is 22.1. The Balaban J connectivity index is 1.61. The minimum atomic E-state index is -0.874. The predicted molar refractivity (Wildman–Crippen MR) is 155 cm³/mol. The van der Waals surface area contributed by atoms with E-state index in [1.807, 2.05) is 0 Å². The largest absolute Gasteiger partial charge is 0.508 e. The molecular weight excluding hydrogens is 556 g/mol. The van der Waals surface area contributed by atoms with Crippen LogP contribution in [0.2, 0.25) is 0 Å². The Morgan fingerprint density at radius 1 is 0.698 bits per heavy atom. The van der Waals surface area contributed by atoms with Crippen LogP contribution in [0.15, 0.2) is 95.4 Å². The summed E-state index contributed by atoms with van der Waals surface area (Å²) in [5.41, 5.74) is 0.755. The van der Waals surface area contributed by atoms with E-state index in [0.717, 1.165) is 12.1 Å². The Morgan fingerprint density at radius 2 is 1.33 bits per heavy atom. The van der Waals surface area contributed by atoms with Gasteiger partial charge in [0.25, 0.3) is 0 Å². The Hall–Kier alpha value is -6.16. The molecule has 1 heterocycles. The van der Waals surface area contributed by atoms with Gasteiger partial charge in [0, 0.05) is 11.5 Å². The third kappa shape index (κ3) is 5.08. The van der Waals surface area contributed by atoms with Crippen molar-refractivity contribution in [2.75, 3.05) is 0 Å². The topological polar surface area (TPSA) is 167 Å². The van der Waals surface area contributed by atoms with Crippen LogP contribution in [0.1, 0.15) is 15.9 Å². The average molecular weight is 579 g/mol. The van der Waals surface area contributed by atoms with Gasteiger partial charge in [-0.1, -0.05) is 42.5 Å². The smallest absolute Gasteiger partial charge is 0.343 e. The summed E-state index contributed by atoms with van der Waals surface area (Å²) in [6.45, 7) is 0. The van der Waals surface area contributed by atoms with E-state index in [1.54, 1.807) is 30.3 Å².